The highest BCUT2D eigenvalue weighted by molar-refractivity contribution is 6.45. The number of nitrogen functional groups attached to an aromatic ring is 1. The molecule has 1 unspecified atom stereocenters. The van der Waals surface area contributed by atoms with Crippen LogP contribution in [0.25, 0.3) is 0 Å². The molecule has 4 N–H and O–H groups in total. The fourth-order valence-electron chi connectivity index (χ4n) is 1.90. The standard InChI is InChI=1S/C12H15N5O3/c1-6-3-8(13)9(4-7(6)2)15-12(18)11-10(17(19)20)5-14-16-11/h3-4,10,14H,5,13H2,1-2H3,(H,15,18). The lowest BCUT2D eigenvalue weighted by atomic mass is 10.1. The molecule has 106 valence electrons. The van der Waals surface area contributed by atoms with Gasteiger partial charge in [-0.15, -0.1) is 0 Å². The van der Waals surface area contributed by atoms with Crippen molar-refractivity contribution in [3.63, 3.8) is 0 Å². The van der Waals surface area contributed by atoms with Crippen molar-refractivity contribution >= 4 is 23.0 Å². The molecule has 1 aromatic carbocycles. The molecule has 1 aromatic rings. The molecule has 1 heterocycles. The van der Waals surface area contributed by atoms with Crippen LogP contribution in [-0.4, -0.2) is 29.1 Å². The van der Waals surface area contributed by atoms with Crippen LogP contribution < -0.4 is 16.5 Å². The first-order chi connectivity index (χ1) is 9.40. The smallest absolute Gasteiger partial charge is 0.280 e. The maximum atomic E-state index is 12.0. The van der Waals surface area contributed by atoms with Gasteiger partial charge in [-0.2, -0.15) is 5.10 Å². The minimum atomic E-state index is -1.14. The highest BCUT2D eigenvalue weighted by atomic mass is 16.6. The van der Waals surface area contributed by atoms with E-state index < -0.39 is 16.9 Å². The summed E-state index contributed by atoms with van der Waals surface area (Å²) in [7, 11) is 0. The zero-order chi connectivity index (χ0) is 14.9. The quantitative estimate of drug-likeness (QED) is 0.420. The van der Waals surface area contributed by atoms with Crippen molar-refractivity contribution in [2.75, 3.05) is 17.6 Å². The minimum Gasteiger partial charge on any atom is -0.397 e. The SMILES string of the molecule is Cc1cc(N)c(NC(=O)C2=NNCC2[N+](=O)[O-])cc1C. The summed E-state index contributed by atoms with van der Waals surface area (Å²) in [6.07, 6.45) is 0. The number of anilines is 2. The number of hydrogen-bond donors (Lipinski definition) is 3. The van der Waals surface area contributed by atoms with Crippen molar-refractivity contribution < 1.29 is 9.72 Å². The van der Waals surface area contributed by atoms with Gasteiger partial charge >= 0.3 is 0 Å². The van der Waals surface area contributed by atoms with Gasteiger partial charge in [0.1, 0.15) is 6.54 Å². The zero-order valence-electron chi connectivity index (χ0n) is 11.1. The van der Waals surface area contributed by atoms with E-state index in [2.05, 4.69) is 15.8 Å². The molecule has 0 saturated heterocycles. The largest absolute Gasteiger partial charge is 0.397 e. The molecule has 0 radical (unpaired) electrons. The molecule has 1 atom stereocenters. The number of hydrazone groups is 1. The predicted molar refractivity (Wildman–Crippen MR) is 75.2 cm³/mol. The molecule has 1 aliphatic rings. The molecule has 8 heteroatoms. The Bertz CT molecular complexity index is 611. The van der Waals surface area contributed by atoms with Crippen molar-refractivity contribution in [3.8, 4) is 0 Å². The van der Waals surface area contributed by atoms with Crippen molar-refractivity contribution in [1.82, 2.24) is 5.43 Å². The van der Waals surface area contributed by atoms with Gasteiger partial charge in [0.2, 0.25) is 5.71 Å². The van der Waals surface area contributed by atoms with E-state index in [1.54, 1.807) is 12.1 Å². The molecule has 1 amide bonds. The van der Waals surface area contributed by atoms with Gasteiger partial charge in [0.05, 0.1) is 11.4 Å². The molecular weight excluding hydrogens is 262 g/mol. The Hall–Kier alpha value is -2.64. The molecule has 0 aromatic heterocycles. The summed E-state index contributed by atoms with van der Waals surface area (Å²) in [5, 5.41) is 17.1. The van der Waals surface area contributed by atoms with Gasteiger partial charge in [-0.05, 0) is 37.1 Å². The van der Waals surface area contributed by atoms with Crippen molar-refractivity contribution in [2.45, 2.75) is 19.9 Å². The van der Waals surface area contributed by atoms with E-state index in [-0.39, 0.29) is 12.3 Å². The van der Waals surface area contributed by atoms with Crippen LogP contribution in [0.5, 0.6) is 0 Å². The predicted octanol–water partition coefficient (Wildman–Crippen LogP) is 0.429. The summed E-state index contributed by atoms with van der Waals surface area (Å²) >= 11 is 0. The molecule has 2 rings (SSSR count). The van der Waals surface area contributed by atoms with Gasteiger partial charge in [-0.25, -0.2) is 0 Å². The van der Waals surface area contributed by atoms with Crippen molar-refractivity contribution in [2.24, 2.45) is 5.10 Å². The minimum absolute atomic E-state index is 0.0121. The van der Waals surface area contributed by atoms with Gasteiger partial charge in [-0.1, -0.05) is 0 Å². The maximum absolute atomic E-state index is 12.0. The van der Waals surface area contributed by atoms with E-state index in [9.17, 15) is 14.9 Å². The summed E-state index contributed by atoms with van der Waals surface area (Å²) in [5.74, 6) is -0.619. The van der Waals surface area contributed by atoms with Crippen molar-refractivity contribution in [3.05, 3.63) is 33.4 Å². The maximum Gasteiger partial charge on any atom is 0.280 e. The zero-order valence-corrected chi connectivity index (χ0v) is 11.1. The lowest BCUT2D eigenvalue weighted by Gasteiger charge is -2.11. The number of carbonyl (C=O) groups excluding carboxylic acids is 1. The first-order valence-electron chi connectivity index (χ1n) is 6.02. The average Bonchev–Trinajstić information content (AvgIpc) is 2.85. The average molecular weight is 277 g/mol. The lowest BCUT2D eigenvalue weighted by Crippen LogP contribution is -2.38. The number of nitrogens with two attached hydrogens (primary N) is 1. The van der Waals surface area contributed by atoms with E-state index in [1.165, 1.54) is 0 Å². The fraction of sp³-hybridized carbons (Fsp3) is 0.333. The Morgan fingerprint density at radius 3 is 2.80 bits per heavy atom. The molecular formula is C12H15N5O3. The van der Waals surface area contributed by atoms with E-state index in [0.717, 1.165) is 11.1 Å². The number of rotatable bonds is 3. The Morgan fingerprint density at radius 2 is 2.15 bits per heavy atom. The van der Waals surface area contributed by atoms with Crippen LogP contribution in [0.4, 0.5) is 11.4 Å². The van der Waals surface area contributed by atoms with Gasteiger partial charge in [0.15, 0.2) is 0 Å². The second kappa shape index (κ2) is 5.16. The third-order valence-corrected chi connectivity index (χ3v) is 3.20. The summed E-state index contributed by atoms with van der Waals surface area (Å²) in [5.41, 5.74) is 10.9. The Balaban J connectivity index is 2.20. The van der Waals surface area contributed by atoms with Crippen LogP contribution in [0, 0.1) is 24.0 Å². The molecule has 8 nitrogen and oxygen atoms in total. The number of benzene rings is 1. The van der Waals surface area contributed by atoms with Crippen LogP contribution in [0.1, 0.15) is 11.1 Å². The van der Waals surface area contributed by atoms with Crippen LogP contribution in [-0.2, 0) is 4.79 Å². The monoisotopic (exact) mass is 277 g/mol. The molecule has 0 saturated carbocycles. The first-order valence-corrected chi connectivity index (χ1v) is 6.02. The second-order valence-corrected chi connectivity index (χ2v) is 4.64. The van der Waals surface area contributed by atoms with E-state index >= 15 is 0 Å². The van der Waals surface area contributed by atoms with Crippen LogP contribution >= 0.6 is 0 Å². The fourth-order valence-corrected chi connectivity index (χ4v) is 1.90. The summed E-state index contributed by atoms with van der Waals surface area (Å²) in [4.78, 5) is 22.3. The number of nitrogens with one attached hydrogen (secondary N) is 2. The molecule has 0 spiro atoms. The van der Waals surface area contributed by atoms with Crippen molar-refractivity contribution in [1.29, 1.82) is 0 Å². The number of hydrogen-bond acceptors (Lipinski definition) is 6. The van der Waals surface area contributed by atoms with E-state index in [0.29, 0.717) is 11.4 Å². The summed E-state index contributed by atoms with van der Waals surface area (Å²) in [6.45, 7) is 3.81. The van der Waals surface area contributed by atoms with Gasteiger partial charge in [-0.3, -0.25) is 14.9 Å². The third-order valence-electron chi connectivity index (χ3n) is 3.20. The topological polar surface area (TPSA) is 123 Å². The van der Waals surface area contributed by atoms with Gasteiger partial charge in [0.25, 0.3) is 11.9 Å². The molecule has 0 fully saturated rings. The van der Waals surface area contributed by atoms with E-state index in [4.69, 9.17) is 5.73 Å². The third kappa shape index (κ3) is 2.53. The Labute approximate surface area is 115 Å². The van der Waals surface area contributed by atoms with E-state index in [1.807, 2.05) is 13.8 Å². The second-order valence-electron chi connectivity index (χ2n) is 4.64. The Kier molecular flexibility index (Phi) is 3.55. The number of nitrogens with zero attached hydrogens (tertiary/aromatic N) is 2. The number of amides is 1. The Morgan fingerprint density at radius 1 is 1.50 bits per heavy atom. The van der Waals surface area contributed by atoms with Gasteiger partial charge in [0, 0.05) is 4.92 Å². The molecule has 0 aliphatic carbocycles. The highest BCUT2D eigenvalue weighted by Gasteiger charge is 2.36. The molecule has 1 aliphatic heterocycles. The number of nitro groups is 1. The number of aryl methyl sites for hydroxylation is 2. The molecule has 0 bridgehead atoms. The van der Waals surface area contributed by atoms with Gasteiger partial charge < -0.3 is 16.5 Å². The molecule has 20 heavy (non-hydrogen) atoms. The number of carbonyl (C=O) groups is 1. The van der Waals surface area contributed by atoms with Crippen LogP contribution in [0.15, 0.2) is 17.2 Å². The lowest BCUT2D eigenvalue weighted by molar-refractivity contribution is -0.498. The summed E-state index contributed by atoms with van der Waals surface area (Å²) < 4.78 is 0. The first kappa shape index (κ1) is 13.8. The normalized spacial score (nSPS) is 17.3. The summed E-state index contributed by atoms with van der Waals surface area (Å²) in [6, 6.07) is 2.33. The van der Waals surface area contributed by atoms with Crippen LogP contribution in [0.3, 0.4) is 0 Å². The van der Waals surface area contributed by atoms with Crippen LogP contribution in [0.2, 0.25) is 0 Å². The highest BCUT2D eigenvalue weighted by Crippen LogP contribution is 2.23.